The largest absolute Gasteiger partial charge is 0.478 e. The lowest BCUT2D eigenvalue weighted by Crippen LogP contribution is -2.13. The van der Waals surface area contributed by atoms with Gasteiger partial charge in [-0.3, -0.25) is 4.79 Å². The number of thiazole rings is 1. The second kappa shape index (κ2) is 7.98. The van der Waals surface area contributed by atoms with Crippen molar-refractivity contribution in [3.05, 3.63) is 52.8 Å². The van der Waals surface area contributed by atoms with E-state index in [1.165, 1.54) is 23.5 Å². The molecule has 0 saturated heterocycles. The summed E-state index contributed by atoms with van der Waals surface area (Å²) >= 11 is 1.51. The molecule has 0 radical (unpaired) electrons. The van der Waals surface area contributed by atoms with Gasteiger partial charge in [0, 0.05) is 12.0 Å². The number of ether oxygens (including phenoxy) is 1. The molecular formula is C20H17FN2O2S. The highest BCUT2D eigenvalue weighted by Gasteiger charge is 2.14. The molecule has 0 spiro atoms. The molecule has 0 saturated carbocycles. The molecule has 132 valence electrons. The van der Waals surface area contributed by atoms with E-state index >= 15 is 0 Å². The Morgan fingerprint density at radius 3 is 2.96 bits per heavy atom. The van der Waals surface area contributed by atoms with Crippen LogP contribution in [0.3, 0.4) is 0 Å². The summed E-state index contributed by atoms with van der Waals surface area (Å²) in [6.45, 7) is 3.94. The summed E-state index contributed by atoms with van der Waals surface area (Å²) in [5.74, 6) is 4.69. The van der Waals surface area contributed by atoms with Crippen molar-refractivity contribution in [3.8, 4) is 17.6 Å². The zero-order valence-electron chi connectivity index (χ0n) is 14.4. The number of hydrogen-bond acceptors (Lipinski definition) is 4. The molecule has 1 N–H and O–H groups in total. The Balaban J connectivity index is 1.77. The summed E-state index contributed by atoms with van der Waals surface area (Å²) in [5, 5.41) is 3.52. The molecule has 0 bridgehead atoms. The smallest absolute Gasteiger partial charge is 0.255 e. The molecule has 0 aliphatic rings. The summed E-state index contributed by atoms with van der Waals surface area (Å²) in [5.41, 5.74) is 1.36. The van der Waals surface area contributed by atoms with E-state index in [-0.39, 0.29) is 24.0 Å². The fourth-order valence-corrected chi connectivity index (χ4v) is 3.25. The van der Waals surface area contributed by atoms with Gasteiger partial charge in [0.15, 0.2) is 11.6 Å². The molecule has 0 aliphatic carbocycles. The minimum absolute atomic E-state index is 0.0572. The molecule has 1 aromatic heterocycles. The topological polar surface area (TPSA) is 51.2 Å². The van der Waals surface area contributed by atoms with Gasteiger partial charge in [-0.1, -0.05) is 18.9 Å². The van der Waals surface area contributed by atoms with Gasteiger partial charge in [0.25, 0.3) is 5.91 Å². The second-order valence-corrected chi connectivity index (χ2v) is 6.72. The summed E-state index contributed by atoms with van der Waals surface area (Å²) in [6, 6.07) is 9.84. The molecular weight excluding hydrogens is 351 g/mol. The first-order valence-corrected chi connectivity index (χ1v) is 8.95. The van der Waals surface area contributed by atoms with E-state index in [9.17, 15) is 9.18 Å². The van der Waals surface area contributed by atoms with E-state index in [1.807, 2.05) is 13.8 Å². The predicted octanol–water partition coefficient (Wildman–Crippen LogP) is 4.79. The van der Waals surface area contributed by atoms with Gasteiger partial charge < -0.3 is 10.1 Å². The third kappa shape index (κ3) is 4.01. The normalized spacial score (nSPS) is 10.3. The Morgan fingerprint density at radius 1 is 1.31 bits per heavy atom. The summed E-state index contributed by atoms with van der Waals surface area (Å²) in [7, 11) is 0. The van der Waals surface area contributed by atoms with E-state index in [0.29, 0.717) is 12.0 Å². The number of aromatic nitrogens is 1. The van der Waals surface area contributed by atoms with Crippen molar-refractivity contribution in [2.45, 2.75) is 20.3 Å². The van der Waals surface area contributed by atoms with Crippen LogP contribution in [0.15, 0.2) is 36.4 Å². The molecule has 4 nitrogen and oxygen atoms in total. The van der Waals surface area contributed by atoms with E-state index in [2.05, 4.69) is 22.1 Å². The Kier molecular flexibility index (Phi) is 5.49. The molecule has 26 heavy (non-hydrogen) atoms. The van der Waals surface area contributed by atoms with Gasteiger partial charge in [0.1, 0.15) is 6.61 Å². The zero-order chi connectivity index (χ0) is 18.5. The van der Waals surface area contributed by atoms with E-state index < -0.39 is 5.82 Å². The molecule has 0 unspecified atom stereocenters. The number of halogens is 1. The van der Waals surface area contributed by atoms with Gasteiger partial charge in [0.2, 0.25) is 0 Å². The van der Waals surface area contributed by atoms with Crippen molar-refractivity contribution in [3.63, 3.8) is 0 Å². The molecule has 0 aliphatic heterocycles. The minimum Gasteiger partial charge on any atom is -0.478 e. The van der Waals surface area contributed by atoms with Crippen LogP contribution in [0.5, 0.6) is 5.75 Å². The third-order valence-corrected chi connectivity index (χ3v) is 4.50. The van der Waals surface area contributed by atoms with E-state index in [0.717, 1.165) is 15.2 Å². The van der Waals surface area contributed by atoms with Gasteiger partial charge in [-0.15, -0.1) is 17.3 Å². The highest BCUT2D eigenvalue weighted by molar-refractivity contribution is 7.18. The predicted molar refractivity (Wildman–Crippen MR) is 102 cm³/mol. The van der Waals surface area contributed by atoms with Crippen LogP contribution in [-0.2, 0) is 0 Å². The second-order valence-electron chi connectivity index (χ2n) is 5.48. The lowest BCUT2D eigenvalue weighted by Gasteiger charge is -2.10. The van der Waals surface area contributed by atoms with Crippen LogP contribution in [0.1, 0.15) is 28.7 Å². The monoisotopic (exact) mass is 368 g/mol. The Morgan fingerprint density at radius 2 is 2.15 bits per heavy atom. The van der Waals surface area contributed by atoms with Crippen LogP contribution in [0.4, 0.5) is 10.1 Å². The average Bonchev–Trinajstić information content (AvgIpc) is 3.00. The van der Waals surface area contributed by atoms with Gasteiger partial charge in [-0.2, -0.15) is 0 Å². The number of nitrogens with one attached hydrogen (secondary N) is 1. The lowest BCUT2D eigenvalue weighted by molar-refractivity contribution is 0.102. The van der Waals surface area contributed by atoms with Crippen molar-refractivity contribution in [1.82, 2.24) is 4.98 Å². The number of hydrogen-bond donors (Lipinski definition) is 1. The zero-order valence-corrected chi connectivity index (χ0v) is 15.2. The van der Waals surface area contributed by atoms with E-state index in [1.54, 1.807) is 24.3 Å². The van der Waals surface area contributed by atoms with Gasteiger partial charge in [-0.05, 0) is 37.3 Å². The maximum absolute atomic E-state index is 14.5. The van der Waals surface area contributed by atoms with Gasteiger partial charge in [-0.25, -0.2) is 9.37 Å². The molecule has 2 aromatic carbocycles. The lowest BCUT2D eigenvalue weighted by atomic mass is 10.2. The van der Waals surface area contributed by atoms with Crippen LogP contribution < -0.4 is 10.1 Å². The van der Waals surface area contributed by atoms with Gasteiger partial charge in [0.05, 0.1) is 20.9 Å². The maximum atomic E-state index is 14.5. The highest BCUT2D eigenvalue weighted by Crippen LogP contribution is 2.26. The SMILES string of the molecule is CCC#CCOc1cccc(NC(=O)c2ccc3nc(C)sc3c2)c1F. The Labute approximate surface area is 155 Å². The van der Waals surface area contributed by atoms with Crippen molar-refractivity contribution in [1.29, 1.82) is 0 Å². The van der Waals surface area contributed by atoms with Crippen molar-refractivity contribution < 1.29 is 13.9 Å². The van der Waals surface area contributed by atoms with Crippen molar-refractivity contribution >= 4 is 33.1 Å². The summed E-state index contributed by atoms with van der Waals surface area (Å²) < 4.78 is 20.8. The number of anilines is 1. The molecule has 1 heterocycles. The van der Waals surface area contributed by atoms with Crippen LogP contribution in [-0.4, -0.2) is 17.5 Å². The standard InChI is InChI=1S/C20H17FN2O2S/c1-3-4-5-11-25-17-8-6-7-16(19(17)21)23-20(24)14-9-10-15-18(12-14)26-13(2)22-15/h6-10,12H,3,11H2,1-2H3,(H,23,24). The molecule has 0 atom stereocenters. The number of aryl methyl sites for hydroxylation is 1. The number of rotatable bonds is 4. The summed E-state index contributed by atoms with van der Waals surface area (Å²) in [4.78, 5) is 16.8. The number of benzene rings is 2. The fourth-order valence-electron chi connectivity index (χ4n) is 2.38. The molecule has 3 rings (SSSR count). The quantitative estimate of drug-likeness (QED) is 0.674. The van der Waals surface area contributed by atoms with Crippen molar-refractivity contribution in [2.75, 3.05) is 11.9 Å². The van der Waals surface area contributed by atoms with Crippen molar-refractivity contribution in [2.24, 2.45) is 0 Å². The molecule has 1 amide bonds. The molecule has 3 aromatic rings. The number of fused-ring (bicyclic) bond motifs is 1. The fraction of sp³-hybridized carbons (Fsp3) is 0.200. The summed E-state index contributed by atoms with van der Waals surface area (Å²) in [6.07, 6.45) is 0.714. The Hall–Kier alpha value is -2.91. The van der Waals surface area contributed by atoms with Gasteiger partial charge >= 0.3 is 0 Å². The minimum atomic E-state index is -0.617. The number of nitrogens with zero attached hydrogens (tertiary/aromatic N) is 1. The van der Waals surface area contributed by atoms with Crippen LogP contribution >= 0.6 is 11.3 Å². The highest BCUT2D eigenvalue weighted by atomic mass is 32.1. The number of carbonyl (C=O) groups is 1. The van der Waals surface area contributed by atoms with Crippen LogP contribution in [0.2, 0.25) is 0 Å². The maximum Gasteiger partial charge on any atom is 0.255 e. The first-order valence-electron chi connectivity index (χ1n) is 8.14. The Bertz CT molecular complexity index is 1020. The number of amides is 1. The third-order valence-electron chi connectivity index (χ3n) is 3.57. The van der Waals surface area contributed by atoms with Crippen LogP contribution in [0, 0.1) is 24.6 Å². The van der Waals surface area contributed by atoms with E-state index in [4.69, 9.17) is 4.74 Å². The van der Waals surface area contributed by atoms with Crippen LogP contribution in [0.25, 0.3) is 10.2 Å². The first kappa shape index (κ1) is 17.9. The number of carbonyl (C=O) groups excluding carboxylic acids is 1. The average molecular weight is 368 g/mol. The molecule has 6 heteroatoms. The molecule has 0 fully saturated rings. The first-order chi connectivity index (χ1) is 12.6.